The number of carbonyl (C=O) groups is 2. The smallest absolute Gasteiger partial charge is 0.343 e. The van der Waals surface area contributed by atoms with Crippen molar-refractivity contribution < 1.29 is 23.8 Å². The van der Waals surface area contributed by atoms with Crippen LogP contribution in [0.3, 0.4) is 0 Å². The quantitative estimate of drug-likeness (QED) is 0.225. The molecule has 3 aromatic carbocycles. The molecular formula is C25H23ClN2O5. The molecule has 0 bridgehead atoms. The van der Waals surface area contributed by atoms with E-state index < -0.39 is 11.9 Å². The Balaban J connectivity index is 1.56. The monoisotopic (exact) mass is 466 g/mol. The van der Waals surface area contributed by atoms with E-state index in [9.17, 15) is 9.59 Å². The number of hydrogen-bond donors (Lipinski definition) is 1. The highest BCUT2D eigenvalue weighted by Crippen LogP contribution is 2.28. The molecule has 0 radical (unpaired) electrons. The number of nitrogens with zero attached hydrogens (tertiary/aromatic N) is 1. The van der Waals surface area contributed by atoms with E-state index >= 15 is 0 Å². The first-order valence-electron chi connectivity index (χ1n) is 10.0. The van der Waals surface area contributed by atoms with Crippen LogP contribution in [0.4, 0.5) is 0 Å². The number of carbonyl (C=O) groups excluding carboxylic acids is 2. The molecule has 1 N–H and O–H groups in total. The molecular weight excluding hydrogens is 444 g/mol. The van der Waals surface area contributed by atoms with Gasteiger partial charge in [-0.3, -0.25) is 4.79 Å². The summed E-state index contributed by atoms with van der Waals surface area (Å²) in [4.78, 5) is 24.3. The van der Waals surface area contributed by atoms with Crippen LogP contribution < -0.4 is 19.6 Å². The number of amides is 1. The van der Waals surface area contributed by atoms with Crippen molar-refractivity contribution in [1.29, 1.82) is 0 Å². The maximum Gasteiger partial charge on any atom is 0.343 e. The summed E-state index contributed by atoms with van der Waals surface area (Å²) in [6.07, 6.45) is 1.45. The Hall–Kier alpha value is -3.84. The van der Waals surface area contributed by atoms with Crippen LogP contribution >= 0.6 is 11.6 Å². The van der Waals surface area contributed by atoms with Crippen LogP contribution in [0.5, 0.6) is 17.2 Å². The fourth-order valence-corrected chi connectivity index (χ4v) is 3.04. The van der Waals surface area contributed by atoms with Crippen molar-refractivity contribution in [2.75, 3.05) is 13.7 Å². The lowest BCUT2D eigenvalue weighted by Gasteiger charge is -2.10. The maximum atomic E-state index is 12.3. The number of ether oxygens (including phenoxy) is 3. The van der Waals surface area contributed by atoms with Crippen LogP contribution in [-0.4, -0.2) is 31.8 Å². The minimum atomic E-state index is -0.539. The fraction of sp³-hybridized carbons (Fsp3) is 0.160. The molecule has 0 aliphatic rings. The summed E-state index contributed by atoms with van der Waals surface area (Å²) in [6, 6.07) is 17.0. The van der Waals surface area contributed by atoms with E-state index in [1.54, 1.807) is 42.5 Å². The van der Waals surface area contributed by atoms with Crippen LogP contribution in [-0.2, 0) is 4.79 Å². The Morgan fingerprint density at radius 1 is 0.970 bits per heavy atom. The highest BCUT2D eigenvalue weighted by atomic mass is 35.5. The minimum Gasteiger partial charge on any atom is -0.493 e. The van der Waals surface area contributed by atoms with Crippen molar-refractivity contribution in [3.8, 4) is 17.2 Å². The van der Waals surface area contributed by atoms with Gasteiger partial charge in [0, 0.05) is 5.02 Å². The zero-order chi connectivity index (χ0) is 23.8. The lowest BCUT2D eigenvalue weighted by molar-refractivity contribution is -0.123. The van der Waals surface area contributed by atoms with Crippen molar-refractivity contribution in [3.63, 3.8) is 0 Å². The molecule has 0 saturated carbocycles. The van der Waals surface area contributed by atoms with Crippen LogP contribution in [0.1, 0.15) is 27.0 Å². The van der Waals surface area contributed by atoms with Gasteiger partial charge in [0.25, 0.3) is 5.91 Å². The van der Waals surface area contributed by atoms with Crippen molar-refractivity contribution in [2.24, 2.45) is 5.10 Å². The number of rotatable bonds is 8. The highest BCUT2D eigenvalue weighted by Gasteiger charge is 2.13. The summed E-state index contributed by atoms with van der Waals surface area (Å²) in [7, 11) is 1.46. The first-order chi connectivity index (χ1) is 15.9. The molecule has 7 nitrogen and oxygen atoms in total. The summed E-state index contributed by atoms with van der Waals surface area (Å²) < 4.78 is 16.2. The Labute approximate surface area is 196 Å². The number of nitrogens with one attached hydrogen (secondary N) is 1. The molecule has 0 aliphatic carbocycles. The highest BCUT2D eigenvalue weighted by molar-refractivity contribution is 6.30. The van der Waals surface area contributed by atoms with E-state index in [1.165, 1.54) is 13.3 Å². The molecule has 3 aromatic rings. The Bertz CT molecular complexity index is 1180. The van der Waals surface area contributed by atoms with Gasteiger partial charge < -0.3 is 14.2 Å². The lowest BCUT2D eigenvalue weighted by Crippen LogP contribution is -2.24. The first-order valence-corrected chi connectivity index (χ1v) is 10.4. The molecule has 0 aliphatic heterocycles. The van der Waals surface area contributed by atoms with E-state index in [4.69, 9.17) is 25.8 Å². The van der Waals surface area contributed by atoms with Gasteiger partial charge in [0.2, 0.25) is 0 Å². The number of esters is 1. The number of halogens is 1. The van der Waals surface area contributed by atoms with Gasteiger partial charge in [-0.15, -0.1) is 0 Å². The van der Waals surface area contributed by atoms with Gasteiger partial charge >= 0.3 is 5.97 Å². The Morgan fingerprint density at radius 3 is 2.39 bits per heavy atom. The molecule has 33 heavy (non-hydrogen) atoms. The van der Waals surface area contributed by atoms with Gasteiger partial charge in [-0.05, 0) is 73.5 Å². The average Bonchev–Trinajstić information content (AvgIpc) is 2.79. The maximum absolute atomic E-state index is 12.3. The zero-order valence-electron chi connectivity index (χ0n) is 18.4. The standard InChI is InChI=1S/C25H23ClN2O5/c1-16-4-10-21(17(2)12-16)32-15-24(29)28-27-14-18-5-11-22(23(13-18)31-3)33-25(30)19-6-8-20(26)9-7-19/h4-14H,15H2,1-3H3,(H,28,29)/b27-14-. The van der Waals surface area contributed by atoms with Crippen molar-refractivity contribution in [3.05, 3.63) is 87.9 Å². The SMILES string of the molecule is COc1cc(/C=N\NC(=O)COc2ccc(C)cc2C)ccc1OC(=O)c1ccc(Cl)cc1. The van der Waals surface area contributed by atoms with Gasteiger partial charge in [-0.1, -0.05) is 29.3 Å². The van der Waals surface area contributed by atoms with E-state index in [0.29, 0.717) is 27.6 Å². The van der Waals surface area contributed by atoms with Crippen molar-refractivity contribution in [2.45, 2.75) is 13.8 Å². The third kappa shape index (κ3) is 6.82. The van der Waals surface area contributed by atoms with Crippen molar-refractivity contribution >= 4 is 29.7 Å². The largest absolute Gasteiger partial charge is 0.493 e. The number of benzene rings is 3. The second kappa shape index (κ2) is 11.2. The minimum absolute atomic E-state index is 0.163. The van der Waals surface area contributed by atoms with Gasteiger partial charge in [-0.25, -0.2) is 10.2 Å². The molecule has 8 heteroatoms. The Kier molecular flexibility index (Phi) is 8.05. The van der Waals surface area contributed by atoms with E-state index in [1.807, 2.05) is 32.0 Å². The van der Waals surface area contributed by atoms with Crippen LogP contribution in [0, 0.1) is 13.8 Å². The van der Waals surface area contributed by atoms with Gasteiger partial charge in [-0.2, -0.15) is 5.10 Å². The van der Waals surface area contributed by atoms with E-state index in [2.05, 4.69) is 10.5 Å². The number of hydrazone groups is 1. The van der Waals surface area contributed by atoms with Gasteiger partial charge in [0.05, 0.1) is 18.9 Å². The number of aryl methyl sites for hydroxylation is 2. The summed E-state index contributed by atoms with van der Waals surface area (Å²) in [5.74, 6) is 0.300. The molecule has 0 spiro atoms. The third-order valence-corrected chi connectivity index (χ3v) is 4.81. The summed E-state index contributed by atoms with van der Waals surface area (Å²) >= 11 is 5.84. The second-order valence-electron chi connectivity index (χ2n) is 7.16. The molecule has 0 atom stereocenters. The molecule has 170 valence electrons. The Morgan fingerprint density at radius 2 is 1.70 bits per heavy atom. The van der Waals surface area contributed by atoms with Gasteiger partial charge in [0.1, 0.15) is 5.75 Å². The second-order valence-corrected chi connectivity index (χ2v) is 7.59. The molecule has 0 heterocycles. The third-order valence-electron chi connectivity index (χ3n) is 4.56. The molecule has 0 aromatic heterocycles. The van der Waals surface area contributed by atoms with Gasteiger partial charge in [0.15, 0.2) is 18.1 Å². The summed E-state index contributed by atoms with van der Waals surface area (Å²) in [5.41, 5.74) is 5.48. The van der Waals surface area contributed by atoms with E-state index in [0.717, 1.165) is 11.1 Å². The lowest BCUT2D eigenvalue weighted by atomic mass is 10.1. The van der Waals surface area contributed by atoms with Crippen LogP contribution in [0.2, 0.25) is 5.02 Å². The van der Waals surface area contributed by atoms with Crippen LogP contribution in [0.15, 0.2) is 65.8 Å². The molecule has 3 rings (SSSR count). The predicted octanol–water partition coefficient (Wildman–Crippen LogP) is 4.71. The predicted molar refractivity (Wildman–Crippen MR) is 127 cm³/mol. The molecule has 0 unspecified atom stereocenters. The van der Waals surface area contributed by atoms with Crippen molar-refractivity contribution in [1.82, 2.24) is 5.43 Å². The fourth-order valence-electron chi connectivity index (χ4n) is 2.91. The molecule has 1 amide bonds. The van der Waals surface area contributed by atoms with E-state index in [-0.39, 0.29) is 12.4 Å². The zero-order valence-corrected chi connectivity index (χ0v) is 19.2. The summed E-state index contributed by atoms with van der Waals surface area (Å²) in [6.45, 7) is 3.75. The van der Waals surface area contributed by atoms with Crippen LogP contribution in [0.25, 0.3) is 0 Å². The molecule has 0 fully saturated rings. The average molecular weight is 467 g/mol. The number of hydrogen-bond acceptors (Lipinski definition) is 6. The molecule has 0 saturated heterocycles. The summed E-state index contributed by atoms with van der Waals surface area (Å²) in [5, 5.41) is 4.46. The normalized spacial score (nSPS) is 10.7. The number of methoxy groups -OCH3 is 1. The first kappa shape index (κ1) is 23.8. The topological polar surface area (TPSA) is 86.2 Å².